The molecule has 27 heavy (non-hydrogen) atoms. The van der Waals surface area contributed by atoms with Gasteiger partial charge in [-0.1, -0.05) is 30.3 Å². The molecule has 0 radical (unpaired) electrons. The van der Waals surface area contributed by atoms with Gasteiger partial charge >= 0.3 is 6.18 Å². The van der Waals surface area contributed by atoms with Gasteiger partial charge in [0.25, 0.3) is 0 Å². The summed E-state index contributed by atoms with van der Waals surface area (Å²) in [6.07, 6.45) is -3.65. The van der Waals surface area contributed by atoms with E-state index in [1.807, 2.05) is 0 Å². The van der Waals surface area contributed by atoms with Gasteiger partial charge in [0, 0.05) is 37.9 Å². The Hall–Kier alpha value is -2.01. The van der Waals surface area contributed by atoms with Gasteiger partial charge in [-0.25, -0.2) is 0 Å². The van der Waals surface area contributed by atoms with Gasteiger partial charge < -0.3 is 4.90 Å². The van der Waals surface area contributed by atoms with E-state index >= 15 is 0 Å². The van der Waals surface area contributed by atoms with Gasteiger partial charge in [0.15, 0.2) is 0 Å². The molecule has 2 aromatic rings. The first kappa shape index (κ1) is 19.7. The minimum Gasteiger partial charge on any atom is -0.369 e. The number of piperazine rings is 1. The molecule has 2 nitrogen and oxygen atoms in total. The Balaban J connectivity index is 1.60. The van der Waals surface area contributed by atoms with Crippen molar-refractivity contribution in [1.29, 1.82) is 0 Å². The van der Waals surface area contributed by atoms with Crippen LogP contribution in [0.4, 0.5) is 18.9 Å². The second-order valence-electron chi connectivity index (χ2n) is 7.56. The lowest BCUT2D eigenvalue weighted by molar-refractivity contribution is -0.137. The summed E-state index contributed by atoms with van der Waals surface area (Å²) in [5.41, 5.74) is 4.02. The van der Waals surface area contributed by atoms with Crippen molar-refractivity contribution in [1.82, 2.24) is 4.90 Å². The summed E-state index contributed by atoms with van der Waals surface area (Å²) in [5, 5.41) is 0. The number of benzene rings is 2. The van der Waals surface area contributed by atoms with Gasteiger partial charge in [0.2, 0.25) is 0 Å². The van der Waals surface area contributed by atoms with Crippen LogP contribution in [0.3, 0.4) is 0 Å². The topological polar surface area (TPSA) is 6.48 Å². The third kappa shape index (κ3) is 4.83. The van der Waals surface area contributed by atoms with Crippen LogP contribution in [0.2, 0.25) is 0 Å². The third-order valence-corrected chi connectivity index (χ3v) is 5.43. The molecule has 0 spiro atoms. The molecule has 0 saturated carbocycles. The van der Waals surface area contributed by atoms with Crippen molar-refractivity contribution in [2.75, 3.05) is 31.1 Å². The second-order valence-corrected chi connectivity index (χ2v) is 7.56. The van der Waals surface area contributed by atoms with E-state index in [0.29, 0.717) is 6.42 Å². The van der Waals surface area contributed by atoms with Crippen molar-refractivity contribution < 1.29 is 13.2 Å². The molecule has 0 N–H and O–H groups in total. The van der Waals surface area contributed by atoms with Crippen LogP contribution in [-0.2, 0) is 12.6 Å². The molecule has 3 rings (SSSR count). The fourth-order valence-electron chi connectivity index (χ4n) is 3.81. The molecule has 2 aromatic carbocycles. The van der Waals surface area contributed by atoms with Crippen LogP contribution in [0, 0.1) is 13.8 Å². The molecular weight excluding hydrogens is 349 g/mol. The minimum atomic E-state index is -4.28. The van der Waals surface area contributed by atoms with E-state index in [1.54, 1.807) is 6.07 Å². The summed E-state index contributed by atoms with van der Waals surface area (Å²) in [6.45, 7) is 10.1. The highest BCUT2D eigenvalue weighted by molar-refractivity contribution is 5.55. The van der Waals surface area contributed by atoms with Crippen LogP contribution in [0.1, 0.15) is 29.2 Å². The van der Waals surface area contributed by atoms with E-state index < -0.39 is 11.7 Å². The Kier molecular flexibility index (Phi) is 5.80. The maximum atomic E-state index is 12.9. The first-order valence-corrected chi connectivity index (χ1v) is 9.46. The minimum absolute atomic E-state index is 0.217. The summed E-state index contributed by atoms with van der Waals surface area (Å²) in [4.78, 5) is 4.79. The predicted molar refractivity (Wildman–Crippen MR) is 104 cm³/mol. The summed E-state index contributed by atoms with van der Waals surface area (Å²) in [6, 6.07) is 12.5. The standard InChI is InChI=1S/C22H27F3N2/c1-16-7-8-17(2)21(13-16)27-11-9-26(10-12-27)18(3)14-19-5-4-6-20(15-19)22(23,24)25/h4-8,13,15,18H,9-12,14H2,1-3H3. The van der Waals surface area contributed by atoms with Crippen LogP contribution in [0.15, 0.2) is 42.5 Å². The number of halogens is 3. The molecule has 1 unspecified atom stereocenters. The van der Waals surface area contributed by atoms with Gasteiger partial charge in [0.1, 0.15) is 0 Å². The average molecular weight is 376 g/mol. The van der Waals surface area contributed by atoms with Crippen molar-refractivity contribution in [3.63, 3.8) is 0 Å². The molecule has 0 bridgehead atoms. The van der Waals surface area contributed by atoms with Gasteiger partial charge in [-0.15, -0.1) is 0 Å². The van der Waals surface area contributed by atoms with Crippen molar-refractivity contribution in [3.05, 3.63) is 64.7 Å². The average Bonchev–Trinajstić information content (AvgIpc) is 2.63. The smallest absolute Gasteiger partial charge is 0.369 e. The molecule has 1 aliphatic rings. The zero-order valence-electron chi connectivity index (χ0n) is 16.2. The lowest BCUT2D eigenvalue weighted by atomic mass is 10.0. The number of hydrogen-bond donors (Lipinski definition) is 0. The largest absolute Gasteiger partial charge is 0.416 e. The first-order chi connectivity index (χ1) is 12.7. The highest BCUT2D eigenvalue weighted by Gasteiger charge is 2.30. The van der Waals surface area contributed by atoms with E-state index in [2.05, 4.69) is 48.8 Å². The second kappa shape index (κ2) is 7.93. The highest BCUT2D eigenvalue weighted by Crippen LogP contribution is 2.30. The zero-order valence-corrected chi connectivity index (χ0v) is 16.2. The lowest BCUT2D eigenvalue weighted by Crippen LogP contribution is -2.50. The molecular formula is C22H27F3N2. The SMILES string of the molecule is Cc1ccc(C)c(N2CCN(C(C)Cc3cccc(C(F)(F)F)c3)CC2)c1. The predicted octanol–water partition coefficient (Wildman–Crippen LogP) is 5.08. The van der Waals surface area contributed by atoms with E-state index in [1.165, 1.54) is 28.9 Å². The highest BCUT2D eigenvalue weighted by atomic mass is 19.4. The Morgan fingerprint density at radius 3 is 2.33 bits per heavy atom. The normalized spacial score (nSPS) is 17.2. The van der Waals surface area contributed by atoms with Gasteiger partial charge in [0.05, 0.1) is 5.56 Å². The molecule has 0 amide bonds. The Morgan fingerprint density at radius 2 is 1.67 bits per heavy atom. The maximum absolute atomic E-state index is 12.9. The van der Waals surface area contributed by atoms with Gasteiger partial charge in [-0.3, -0.25) is 4.90 Å². The number of nitrogens with zero attached hydrogens (tertiary/aromatic N) is 2. The quantitative estimate of drug-likeness (QED) is 0.735. The number of alkyl halides is 3. The molecule has 1 fully saturated rings. The van der Waals surface area contributed by atoms with E-state index in [4.69, 9.17) is 0 Å². The van der Waals surface area contributed by atoms with E-state index in [-0.39, 0.29) is 6.04 Å². The molecule has 0 aliphatic carbocycles. The summed E-state index contributed by atoms with van der Waals surface area (Å²) in [7, 11) is 0. The van der Waals surface area contributed by atoms with Crippen molar-refractivity contribution in [3.8, 4) is 0 Å². The fourth-order valence-corrected chi connectivity index (χ4v) is 3.81. The van der Waals surface area contributed by atoms with Crippen LogP contribution >= 0.6 is 0 Å². The lowest BCUT2D eigenvalue weighted by Gasteiger charge is -2.40. The summed E-state index contributed by atoms with van der Waals surface area (Å²) < 4.78 is 38.7. The molecule has 5 heteroatoms. The molecule has 1 atom stereocenters. The third-order valence-electron chi connectivity index (χ3n) is 5.43. The molecule has 1 saturated heterocycles. The number of rotatable bonds is 4. The van der Waals surface area contributed by atoms with Gasteiger partial charge in [-0.2, -0.15) is 13.2 Å². The summed E-state index contributed by atoms with van der Waals surface area (Å²) in [5.74, 6) is 0. The van der Waals surface area contributed by atoms with Crippen LogP contribution in [-0.4, -0.2) is 37.1 Å². The number of hydrogen-bond acceptors (Lipinski definition) is 2. The number of aryl methyl sites for hydroxylation is 2. The molecule has 1 aliphatic heterocycles. The van der Waals surface area contributed by atoms with Crippen LogP contribution in [0.25, 0.3) is 0 Å². The molecule has 0 aromatic heterocycles. The van der Waals surface area contributed by atoms with Crippen molar-refractivity contribution in [2.24, 2.45) is 0 Å². The Bertz CT molecular complexity index is 777. The Morgan fingerprint density at radius 1 is 0.963 bits per heavy atom. The molecule has 1 heterocycles. The fraction of sp³-hybridized carbons (Fsp3) is 0.455. The van der Waals surface area contributed by atoms with Crippen LogP contribution < -0.4 is 4.90 Å². The van der Waals surface area contributed by atoms with E-state index in [0.717, 1.165) is 37.8 Å². The summed E-state index contributed by atoms with van der Waals surface area (Å²) >= 11 is 0. The monoisotopic (exact) mass is 376 g/mol. The maximum Gasteiger partial charge on any atom is 0.416 e. The zero-order chi connectivity index (χ0) is 19.6. The van der Waals surface area contributed by atoms with Crippen molar-refractivity contribution in [2.45, 2.75) is 39.4 Å². The van der Waals surface area contributed by atoms with E-state index in [9.17, 15) is 13.2 Å². The van der Waals surface area contributed by atoms with Crippen molar-refractivity contribution >= 4 is 5.69 Å². The Labute approximate surface area is 159 Å². The van der Waals surface area contributed by atoms with Crippen LogP contribution in [0.5, 0.6) is 0 Å². The van der Waals surface area contributed by atoms with Gasteiger partial charge in [-0.05, 0) is 56.0 Å². The number of anilines is 1. The first-order valence-electron chi connectivity index (χ1n) is 9.46. The molecule has 146 valence electrons.